The minimum absolute atomic E-state index is 0. The lowest BCUT2D eigenvalue weighted by atomic mass is 10.1. The van der Waals surface area contributed by atoms with Gasteiger partial charge >= 0.3 is 0 Å². The predicted octanol–water partition coefficient (Wildman–Crippen LogP) is 14.9. The molecule has 3 rings (SSSR count). The van der Waals surface area contributed by atoms with E-state index in [9.17, 15) is 14.4 Å². The highest BCUT2D eigenvalue weighted by atomic mass is 127. The molecule has 0 aliphatic rings. The van der Waals surface area contributed by atoms with Gasteiger partial charge in [0.05, 0.1) is 12.0 Å². The molecular formula is C34H43Cl6I3O3. The highest BCUT2D eigenvalue weighted by Gasteiger charge is 2.07. The molecule has 0 saturated carbocycles. The molecule has 3 aromatic rings. The largest absolute Gasteiger partial charge is 0.294 e. The summed E-state index contributed by atoms with van der Waals surface area (Å²) in [5.41, 5.74) is 1.06. The number of carbonyl (C=O) groups is 3. The van der Waals surface area contributed by atoms with Crippen molar-refractivity contribution in [2.24, 2.45) is 0 Å². The quantitative estimate of drug-likeness (QED) is 0.0779. The highest BCUT2D eigenvalue weighted by molar-refractivity contribution is 14.2. The molecule has 12 heteroatoms. The topological polar surface area (TPSA) is 51.2 Å². The summed E-state index contributed by atoms with van der Waals surface area (Å²) in [4.78, 5) is 32.1. The van der Waals surface area contributed by atoms with E-state index in [0.29, 0.717) is 39.4 Å². The maximum Gasteiger partial charge on any atom is 0.222 e. The van der Waals surface area contributed by atoms with Crippen molar-refractivity contribution in [2.75, 3.05) is 16.2 Å². The molecule has 0 saturated heterocycles. The molecule has 260 valence electrons. The van der Waals surface area contributed by atoms with Gasteiger partial charge in [-0.15, -0.1) is 23.2 Å². The van der Waals surface area contributed by atoms with Gasteiger partial charge in [0.2, 0.25) is 5.24 Å². The van der Waals surface area contributed by atoms with Gasteiger partial charge in [-0.1, -0.05) is 180 Å². The van der Waals surface area contributed by atoms with E-state index in [1.165, 1.54) is 10.5 Å². The minimum atomic E-state index is -0.370. The summed E-state index contributed by atoms with van der Waals surface area (Å²) in [6, 6.07) is 23.3. The van der Waals surface area contributed by atoms with E-state index in [1.54, 1.807) is 48.5 Å². The molecule has 0 unspecified atom stereocenters. The Morgan fingerprint density at radius 2 is 1.11 bits per heavy atom. The monoisotopic (exact) mass is 1090 g/mol. The van der Waals surface area contributed by atoms with Crippen molar-refractivity contribution < 1.29 is 14.4 Å². The molecule has 3 aromatic carbocycles. The van der Waals surface area contributed by atoms with E-state index in [1.807, 2.05) is 44.2 Å². The average Bonchev–Trinajstić information content (AvgIpc) is 3.00. The molecular weight excluding hydrogens is 1050 g/mol. The van der Waals surface area contributed by atoms with E-state index in [0.717, 1.165) is 6.95 Å². The van der Waals surface area contributed by atoms with Crippen molar-refractivity contribution in [3.63, 3.8) is 0 Å². The molecule has 0 N–H and O–H groups in total. The molecule has 0 aromatic heterocycles. The Labute approximate surface area is 348 Å². The number of alkyl halides is 5. The van der Waals surface area contributed by atoms with Gasteiger partial charge in [0.15, 0.2) is 11.6 Å². The lowest BCUT2D eigenvalue weighted by molar-refractivity contribution is -0.111. The lowest BCUT2D eigenvalue weighted by Gasteiger charge is -1.99. The van der Waals surface area contributed by atoms with Crippen LogP contribution in [-0.2, 0) is 4.79 Å². The number of Topliss-reactive ketones (excluding diaryl/α,β-unsaturated/α-hetero) is 1. The van der Waals surface area contributed by atoms with E-state index in [4.69, 9.17) is 69.6 Å². The molecule has 0 aliphatic heterocycles. The molecule has 0 fully saturated rings. The molecule has 0 spiro atoms. The van der Waals surface area contributed by atoms with Gasteiger partial charge in [0, 0.05) is 40.8 Å². The number of rotatable bonds is 7. The van der Waals surface area contributed by atoms with Gasteiger partial charge in [-0.2, -0.15) is 0 Å². The van der Waals surface area contributed by atoms with Gasteiger partial charge < -0.3 is 0 Å². The molecule has 0 heterocycles. The molecule has 46 heavy (non-hydrogen) atoms. The Kier molecular flexibility index (Phi) is 50.3. The third-order valence-corrected chi connectivity index (χ3v) is 5.32. The summed E-state index contributed by atoms with van der Waals surface area (Å²) >= 11 is 39.4. The van der Waals surface area contributed by atoms with Crippen molar-refractivity contribution in [3.05, 3.63) is 118 Å². The second-order valence-electron chi connectivity index (χ2n) is 7.27. The summed E-state index contributed by atoms with van der Waals surface area (Å²) < 4.78 is 1.99. The number of ketones is 2. The average molecular weight is 1090 g/mol. The van der Waals surface area contributed by atoms with Crippen molar-refractivity contribution in [1.29, 1.82) is 0 Å². The highest BCUT2D eigenvalue weighted by Crippen LogP contribution is 2.17. The third-order valence-electron chi connectivity index (χ3n) is 3.84. The first-order chi connectivity index (χ1) is 21.3. The van der Waals surface area contributed by atoms with Crippen LogP contribution in [0.2, 0.25) is 15.1 Å². The smallest absolute Gasteiger partial charge is 0.222 e. The number of allylic oxidation sites excluding steroid dienone is 1. The van der Waals surface area contributed by atoms with Crippen LogP contribution in [0.5, 0.6) is 0 Å². The number of benzene rings is 3. The van der Waals surface area contributed by atoms with Crippen molar-refractivity contribution in [1.82, 2.24) is 0 Å². The molecule has 0 atom stereocenters. The van der Waals surface area contributed by atoms with E-state index >= 15 is 0 Å². The van der Waals surface area contributed by atoms with E-state index < -0.39 is 0 Å². The van der Waals surface area contributed by atoms with Crippen LogP contribution in [0.1, 0.15) is 68.7 Å². The van der Waals surface area contributed by atoms with Gasteiger partial charge in [0.1, 0.15) is 0 Å². The zero-order chi connectivity index (χ0) is 35.6. The first-order valence-corrected chi connectivity index (χ1v) is 20.0. The SMILES string of the molecule is C.C=CC(=O)c1ccccc1Cl.CC.CC(I)I.CCI.Clc1ccccc1.O=C(CCCl)c1ccccc1Cl.O=C(Cl)CCCl. The summed E-state index contributed by atoms with van der Waals surface area (Å²) in [5, 5.41) is 1.39. The molecule has 3 nitrogen and oxygen atoms in total. The first kappa shape index (κ1) is 55.7. The van der Waals surface area contributed by atoms with Gasteiger partial charge in [-0.3, -0.25) is 14.4 Å². The van der Waals surface area contributed by atoms with E-state index in [2.05, 4.69) is 88.2 Å². The maximum atomic E-state index is 11.3. The zero-order valence-electron chi connectivity index (χ0n) is 25.5. The molecule has 0 bridgehead atoms. The van der Waals surface area contributed by atoms with Crippen LogP contribution >= 0.6 is 137 Å². The standard InChI is InChI=1S/C9H8Cl2O.C9H7ClO.C6H5Cl.C3H4Cl2O.C2H4I2.C2H5I.C2H6.CH4/c10-6-5-9(12)7-3-1-2-4-8(7)11;1-2-9(11)7-5-3-4-6-8(7)10;7-6-4-2-1-3-5-6;4-2-1-3(5)6;1-2(3)4;1-2-3;1-2;/h1-4H,5-6H2;2-6H,1H2;1-5H;1-2H2;2H,1H3;2H2,1H3;1-2H3;1H4. The Bertz CT molecular complexity index is 1160. The number of hydrogen-bond acceptors (Lipinski definition) is 3. The van der Waals surface area contributed by atoms with Crippen molar-refractivity contribution >= 4 is 154 Å². The van der Waals surface area contributed by atoms with Crippen LogP contribution in [0, 0.1) is 0 Å². The number of hydrogen-bond donors (Lipinski definition) is 0. The van der Waals surface area contributed by atoms with Crippen molar-refractivity contribution in [2.45, 2.75) is 49.9 Å². The second kappa shape index (κ2) is 41.5. The Hall–Kier alpha value is 0.340. The lowest BCUT2D eigenvalue weighted by Crippen LogP contribution is -1.99. The van der Waals surface area contributed by atoms with Crippen LogP contribution in [0.3, 0.4) is 0 Å². The van der Waals surface area contributed by atoms with Crippen LogP contribution in [0.25, 0.3) is 0 Å². The summed E-state index contributed by atoms with van der Waals surface area (Å²) in [6.45, 7) is 11.6. The van der Waals surface area contributed by atoms with Crippen LogP contribution in [0.4, 0.5) is 0 Å². The Morgan fingerprint density at radius 3 is 1.37 bits per heavy atom. The van der Waals surface area contributed by atoms with Gasteiger partial charge in [-0.05, 0) is 65.4 Å². The fourth-order valence-electron chi connectivity index (χ4n) is 2.17. The molecule has 0 amide bonds. The normalized spacial score (nSPS) is 8.48. The van der Waals surface area contributed by atoms with Crippen molar-refractivity contribution in [3.8, 4) is 0 Å². The predicted molar refractivity (Wildman–Crippen MR) is 235 cm³/mol. The minimum Gasteiger partial charge on any atom is -0.294 e. The van der Waals surface area contributed by atoms with Gasteiger partial charge in [-0.25, -0.2) is 0 Å². The van der Waals surface area contributed by atoms with Crippen LogP contribution in [-0.4, -0.2) is 34.9 Å². The first-order valence-electron chi connectivity index (χ1n) is 13.4. The summed E-state index contributed by atoms with van der Waals surface area (Å²) in [7, 11) is 0. The maximum absolute atomic E-state index is 11.3. The summed E-state index contributed by atoms with van der Waals surface area (Å²) in [6.07, 6.45) is 1.86. The third kappa shape index (κ3) is 38.8. The van der Waals surface area contributed by atoms with Crippen LogP contribution < -0.4 is 0 Å². The second-order valence-corrected chi connectivity index (χ2v) is 17.3. The Morgan fingerprint density at radius 1 is 0.761 bits per heavy atom. The summed E-state index contributed by atoms with van der Waals surface area (Å²) in [5.74, 6) is 0.512. The van der Waals surface area contributed by atoms with Crippen LogP contribution in [0.15, 0.2) is 91.5 Å². The fourth-order valence-corrected chi connectivity index (χ4v) is 3.32. The molecule has 0 aliphatic carbocycles. The van der Waals surface area contributed by atoms with E-state index in [-0.39, 0.29) is 30.7 Å². The zero-order valence-corrected chi connectivity index (χ0v) is 36.5. The number of carbonyl (C=O) groups excluding carboxylic acids is 3. The molecule has 0 radical (unpaired) electrons. The van der Waals surface area contributed by atoms with Gasteiger partial charge in [0.25, 0.3) is 0 Å². The Balaban J connectivity index is -0.000000152. The fraction of sp³-hybridized carbons (Fsp3) is 0.324. The number of halogens is 9.